The van der Waals surface area contributed by atoms with Crippen molar-refractivity contribution in [2.45, 2.75) is 38.2 Å². The molecule has 2 aromatic rings. The van der Waals surface area contributed by atoms with Gasteiger partial charge in [-0.3, -0.25) is 9.59 Å². The Morgan fingerprint density at radius 1 is 1.07 bits per heavy atom. The second-order valence-electron chi connectivity index (χ2n) is 7.48. The van der Waals surface area contributed by atoms with Crippen molar-refractivity contribution in [3.8, 4) is 5.75 Å². The molecule has 0 atom stereocenters. The minimum atomic E-state index is -2.85. The van der Waals surface area contributed by atoms with E-state index in [0.29, 0.717) is 38.9 Å². The number of nitrogens with one attached hydrogen (secondary N) is 1. The molecule has 160 valence electrons. The summed E-state index contributed by atoms with van der Waals surface area (Å²) in [5.41, 5.74) is 1.21. The third-order valence-electron chi connectivity index (χ3n) is 5.67. The second-order valence-corrected chi connectivity index (χ2v) is 7.48. The van der Waals surface area contributed by atoms with Crippen LogP contribution in [0.25, 0.3) is 0 Å². The van der Waals surface area contributed by atoms with Gasteiger partial charge in [0.25, 0.3) is 0 Å². The minimum absolute atomic E-state index is 0.0244. The van der Waals surface area contributed by atoms with Crippen molar-refractivity contribution >= 4 is 11.8 Å². The van der Waals surface area contributed by atoms with Crippen molar-refractivity contribution < 1.29 is 23.1 Å². The highest BCUT2D eigenvalue weighted by atomic mass is 19.3. The van der Waals surface area contributed by atoms with Crippen molar-refractivity contribution in [1.29, 1.82) is 0 Å². The Kier molecular flexibility index (Phi) is 7.03. The Morgan fingerprint density at radius 3 is 2.27 bits per heavy atom. The molecule has 0 radical (unpaired) electrons. The molecule has 1 saturated heterocycles. The van der Waals surface area contributed by atoms with Gasteiger partial charge in [0.15, 0.2) is 0 Å². The molecule has 0 bridgehead atoms. The first-order valence-electron chi connectivity index (χ1n) is 10.0. The standard InChI is InChI=1S/C23H26F2N2O3/c1-17(28)27-15-12-23(13-16-27,19-5-3-2-4-6-19)21(29)26-14-11-18-7-9-20(10-8-18)30-22(24)25/h2-10,22H,11-16H2,1H3,(H,26,29). The summed E-state index contributed by atoms with van der Waals surface area (Å²) in [6.07, 6.45) is 1.72. The highest BCUT2D eigenvalue weighted by molar-refractivity contribution is 5.88. The Bertz CT molecular complexity index is 849. The molecule has 2 aromatic carbocycles. The SMILES string of the molecule is CC(=O)N1CCC(C(=O)NCCc2ccc(OC(F)F)cc2)(c2ccccc2)CC1. The van der Waals surface area contributed by atoms with Gasteiger partial charge in [-0.05, 0) is 42.5 Å². The van der Waals surface area contributed by atoms with Gasteiger partial charge in [-0.2, -0.15) is 8.78 Å². The van der Waals surface area contributed by atoms with Crippen LogP contribution < -0.4 is 10.1 Å². The molecule has 0 aliphatic carbocycles. The number of hydrogen-bond acceptors (Lipinski definition) is 3. The average Bonchev–Trinajstić information content (AvgIpc) is 2.75. The van der Waals surface area contributed by atoms with Gasteiger partial charge in [0.05, 0.1) is 5.41 Å². The number of halogens is 2. The van der Waals surface area contributed by atoms with Crippen LogP contribution in [-0.2, 0) is 21.4 Å². The van der Waals surface area contributed by atoms with E-state index < -0.39 is 12.0 Å². The number of hydrogen-bond donors (Lipinski definition) is 1. The van der Waals surface area contributed by atoms with Crippen LogP contribution in [0.15, 0.2) is 54.6 Å². The molecule has 0 spiro atoms. The third-order valence-corrected chi connectivity index (χ3v) is 5.67. The quantitative estimate of drug-likeness (QED) is 0.751. The molecule has 1 aliphatic heterocycles. The fourth-order valence-electron chi connectivity index (χ4n) is 3.93. The summed E-state index contributed by atoms with van der Waals surface area (Å²) in [7, 11) is 0. The summed E-state index contributed by atoms with van der Waals surface area (Å²) in [4.78, 5) is 26.7. The highest BCUT2D eigenvalue weighted by Crippen LogP contribution is 2.36. The van der Waals surface area contributed by atoms with Crippen LogP contribution in [0.2, 0.25) is 0 Å². The predicted molar refractivity (Wildman–Crippen MR) is 109 cm³/mol. The van der Waals surface area contributed by atoms with Gasteiger partial charge in [-0.25, -0.2) is 0 Å². The maximum absolute atomic E-state index is 13.2. The van der Waals surface area contributed by atoms with Gasteiger partial charge in [0.1, 0.15) is 5.75 Å². The molecule has 0 aromatic heterocycles. The second kappa shape index (κ2) is 9.69. The molecule has 1 N–H and O–H groups in total. The predicted octanol–water partition coefficient (Wildman–Crippen LogP) is 3.53. The van der Waals surface area contributed by atoms with Gasteiger partial charge in [0, 0.05) is 26.6 Å². The molecule has 3 rings (SSSR count). The monoisotopic (exact) mass is 416 g/mol. The van der Waals surface area contributed by atoms with Crippen molar-refractivity contribution in [1.82, 2.24) is 10.2 Å². The van der Waals surface area contributed by atoms with E-state index in [4.69, 9.17) is 0 Å². The van der Waals surface area contributed by atoms with Crippen molar-refractivity contribution in [2.24, 2.45) is 0 Å². The van der Waals surface area contributed by atoms with E-state index in [-0.39, 0.29) is 17.6 Å². The maximum atomic E-state index is 13.2. The van der Waals surface area contributed by atoms with Crippen LogP contribution in [0.3, 0.4) is 0 Å². The maximum Gasteiger partial charge on any atom is 0.387 e. The van der Waals surface area contributed by atoms with Crippen molar-refractivity contribution in [3.63, 3.8) is 0 Å². The number of piperidine rings is 1. The van der Waals surface area contributed by atoms with Gasteiger partial charge in [-0.1, -0.05) is 42.5 Å². The van der Waals surface area contributed by atoms with Crippen LogP contribution in [0.1, 0.15) is 30.9 Å². The summed E-state index contributed by atoms with van der Waals surface area (Å²) in [5.74, 6) is 0.0870. The molecule has 1 fully saturated rings. The van der Waals surface area contributed by atoms with Crippen LogP contribution in [0, 0.1) is 0 Å². The lowest BCUT2D eigenvalue weighted by Gasteiger charge is -2.40. The number of likely N-dealkylation sites (tertiary alicyclic amines) is 1. The molecule has 0 saturated carbocycles. The lowest BCUT2D eigenvalue weighted by Crippen LogP contribution is -2.52. The summed E-state index contributed by atoms with van der Waals surface area (Å²) < 4.78 is 28.8. The van der Waals surface area contributed by atoms with Crippen LogP contribution >= 0.6 is 0 Å². The van der Waals surface area contributed by atoms with Gasteiger partial charge in [-0.15, -0.1) is 0 Å². The summed E-state index contributed by atoms with van der Waals surface area (Å²) in [5, 5.41) is 3.04. The van der Waals surface area contributed by atoms with Crippen LogP contribution in [0.5, 0.6) is 5.75 Å². The zero-order valence-electron chi connectivity index (χ0n) is 16.9. The fraction of sp³-hybridized carbons (Fsp3) is 0.391. The van der Waals surface area contributed by atoms with Crippen molar-refractivity contribution in [2.75, 3.05) is 19.6 Å². The molecule has 5 nitrogen and oxygen atoms in total. The number of nitrogens with zero attached hydrogens (tertiary/aromatic N) is 1. The van der Waals surface area contributed by atoms with E-state index in [1.54, 1.807) is 24.0 Å². The minimum Gasteiger partial charge on any atom is -0.435 e. The summed E-state index contributed by atoms with van der Waals surface area (Å²) in [6, 6.07) is 16.1. The largest absolute Gasteiger partial charge is 0.435 e. The number of carbonyl (C=O) groups is 2. The molecule has 2 amide bonds. The number of carbonyl (C=O) groups excluding carboxylic acids is 2. The molecule has 0 unspecified atom stereocenters. The Hall–Kier alpha value is -2.96. The molecular formula is C23H26F2N2O3. The first kappa shape index (κ1) is 21.7. The van der Waals surface area contributed by atoms with E-state index in [0.717, 1.165) is 11.1 Å². The Morgan fingerprint density at radius 2 is 1.70 bits per heavy atom. The first-order valence-corrected chi connectivity index (χ1v) is 10.0. The lowest BCUT2D eigenvalue weighted by molar-refractivity contribution is -0.135. The molecular weight excluding hydrogens is 390 g/mol. The Balaban J connectivity index is 1.64. The van der Waals surface area contributed by atoms with Gasteiger partial charge >= 0.3 is 6.61 Å². The number of ether oxygens (including phenoxy) is 1. The van der Waals surface area contributed by atoms with E-state index in [1.165, 1.54) is 12.1 Å². The first-order chi connectivity index (χ1) is 14.4. The van der Waals surface area contributed by atoms with Crippen LogP contribution in [0.4, 0.5) is 8.78 Å². The highest BCUT2D eigenvalue weighted by Gasteiger charge is 2.43. The fourth-order valence-corrected chi connectivity index (χ4v) is 3.93. The molecule has 1 heterocycles. The van der Waals surface area contributed by atoms with Gasteiger partial charge in [0.2, 0.25) is 11.8 Å². The number of benzene rings is 2. The Labute approximate surface area is 175 Å². The topological polar surface area (TPSA) is 58.6 Å². The van der Waals surface area contributed by atoms with Crippen LogP contribution in [-0.4, -0.2) is 43.0 Å². The molecule has 30 heavy (non-hydrogen) atoms. The van der Waals surface area contributed by atoms with E-state index in [2.05, 4.69) is 10.1 Å². The number of rotatable bonds is 7. The van der Waals surface area contributed by atoms with Gasteiger partial charge < -0.3 is 15.0 Å². The average molecular weight is 416 g/mol. The van der Waals surface area contributed by atoms with Crippen molar-refractivity contribution in [3.05, 3.63) is 65.7 Å². The zero-order valence-corrected chi connectivity index (χ0v) is 16.9. The summed E-state index contributed by atoms with van der Waals surface area (Å²) in [6.45, 7) is 0.220. The smallest absolute Gasteiger partial charge is 0.387 e. The number of amides is 2. The van der Waals surface area contributed by atoms with E-state index in [1.807, 2.05) is 30.3 Å². The third kappa shape index (κ3) is 5.14. The molecule has 1 aliphatic rings. The summed E-state index contributed by atoms with van der Waals surface area (Å²) >= 11 is 0. The zero-order chi connectivity index (χ0) is 21.6. The van der Waals surface area contributed by atoms with E-state index in [9.17, 15) is 18.4 Å². The normalized spacial score (nSPS) is 15.7. The molecule has 7 heteroatoms. The van der Waals surface area contributed by atoms with E-state index >= 15 is 0 Å². The number of alkyl halides is 2. The lowest BCUT2D eigenvalue weighted by atomic mass is 9.72.